The summed E-state index contributed by atoms with van der Waals surface area (Å²) in [4.78, 5) is 0. The summed E-state index contributed by atoms with van der Waals surface area (Å²) in [5.41, 5.74) is 9.90. The Morgan fingerprint density at radius 3 is 2.30 bits per heavy atom. The fourth-order valence-corrected chi connectivity index (χ4v) is 2.97. The van der Waals surface area contributed by atoms with Crippen LogP contribution >= 0.6 is 0 Å². The zero-order chi connectivity index (χ0) is 17.1. The van der Waals surface area contributed by atoms with Crippen LogP contribution in [0.1, 0.15) is 41.7 Å². The highest BCUT2D eigenvalue weighted by Crippen LogP contribution is 2.36. The molecule has 0 amide bonds. The number of ether oxygens (including phenoxy) is 1. The van der Waals surface area contributed by atoms with Gasteiger partial charge < -0.3 is 4.74 Å². The second-order valence-corrected chi connectivity index (χ2v) is 6.10. The summed E-state index contributed by atoms with van der Waals surface area (Å²) in [7, 11) is 1.71. The zero-order valence-electron chi connectivity index (χ0n) is 15.1. The van der Waals surface area contributed by atoms with E-state index in [1.54, 1.807) is 7.11 Å². The molecule has 0 radical (unpaired) electrons. The van der Waals surface area contributed by atoms with Crippen molar-refractivity contribution in [2.24, 2.45) is 0 Å². The molecule has 2 rings (SSSR count). The van der Waals surface area contributed by atoms with E-state index in [0.717, 1.165) is 11.3 Å². The first-order valence-corrected chi connectivity index (χ1v) is 7.98. The van der Waals surface area contributed by atoms with Crippen molar-refractivity contribution >= 4 is 11.6 Å². The third-order valence-electron chi connectivity index (χ3n) is 4.48. The molecule has 0 unspecified atom stereocenters. The van der Waals surface area contributed by atoms with Gasteiger partial charge in [-0.2, -0.15) is 0 Å². The first kappa shape index (κ1) is 17.1. The SMILES string of the molecule is C=C(C)c1cc(-c2cc(OC)ccc2C)c(C)c(C)c1/C=C\C. The summed E-state index contributed by atoms with van der Waals surface area (Å²) in [6.45, 7) is 14.8. The number of methoxy groups -OCH3 is 1. The second kappa shape index (κ2) is 6.87. The van der Waals surface area contributed by atoms with E-state index < -0.39 is 0 Å². The van der Waals surface area contributed by atoms with E-state index in [0.29, 0.717) is 0 Å². The van der Waals surface area contributed by atoms with Gasteiger partial charge in [0.25, 0.3) is 0 Å². The Labute approximate surface area is 140 Å². The number of benzene rings is 2. The van der Waals surface area contributed by atoms with Gasteiger partial charge in [-0.05, 0) is 91.8 Å². The van der Waals surface area contributed by atoms with Crippen LogP contribution in [0.25, 0.3) is 22.8 Å². The molecular weight excluding hydrogens is 280 g/mol. The van der Waals surface area contributed by atoms with Crippen LogP contribution in [-0.2, 0) is 0 Å². The third-order valence-corrected chi connectivity index (χ3v) is 4.48. The van der Waals surface area contributed by atoms with Crippen LogP contribution in [-0.4, -0.2) is 7.11 Å². The maximum atomic E-state index is 5.41. The Morgan fingerprint density at radius 2 is 1.74 bits per heavy atom. The minimum atomic E-state index is 0.886. The molecule has 0 aliphatic rings. The molecule has 0 saturated carbocycles. The molecule has 0 N–H and O–H groups in total. The van der Waals surface area contributed by atoms with E-state index in [1.807, 2.05) is 6.07 Å². The van der Waals surface area contributed by atoms with Gasteiger partial charge in [0.15, 0.2) is 0 Å². The molecule has 2 aromatic rings. The molecule has 0 saturated heterocycles. The predicted octanol–water partition coefficient (Wildman–Crippen LogP) is 6.35. The van der Waals surface area contributed by atoms with Crippen molar-refractivity contribution in [3.05, 3.63) is 64.7 Å². The van der Waals surface area contributed by atoms with Crippen molar-refractivity contribution in [2.45, 2.75) is 34.6 Å². The molecule has 0 fully saturated rings. The van der Waals surface area contributed by atoms with Gasteiger partial charge in [-0.15, -0.1) is 0 Å². The van der Waals surface area contributed by atoms with E-state index in [-0.39, 0.29) is 0 Å². The molecule has 1 nitrogen and oxygen atoms in total. The predicted molar refractivity (Wildman–Crippen MR) is 102 cm³/mol. The van der Waals surface area contributed by atoms with Crippen LogP contribution in [0.2, 0.25) is 0 Å². The molecule has 23 heavy (non-hydrogen) atoms. The average molecular weight is 306 g/mol. The van der Waals surface area contributed by atoms with Crippen molar-refractivity contribution in [1.29, 1.82) is 0 Å². The van der Waals surface area contributed by atoms with Gasteiger partial charge in [0.1, 0.15) is 5.75 Å². The molecule has 120 valence electrons. The van der Waals surface area contributed by atoms with Crippen molar-refractivity contribution in [3.8, 4) is 16.9 Å². The summed E-state index contributed by atoms with van der Waals surface area (Å²) in [5.74, 6) is 0.886. The molecule has 0 heterocycles. The summed E-state index contributed by atoms with van der Waals surface area (Å²) in [6.07, 6.45) is 4.26. The summed E-state index contributed by atoms with van der Waals surface area (Å²) in [5, 5.41) is 0. The third kappa shape index (κ3) is 3.24. The van der Waals surface area contributed by atoms with Crippen LogP contribution in [0.5, 0.6) is 5.75 Å². The Bertz CT molecular complexity index is 779. The Morgan fingerprint density at radius 1 is 1.04 bits per heavy atom. The Hall–Kier alpha value is -2.28. The van der Waals surface area contributed by atoms with Crippen molar-refractivity contribution in [2.75, 3.05) is 7.11 Å². The highest BCUT2D eigenvalue weighted by molar-refractivity contribution is 5.83. The molecule has 0 atom stereocenters. The van der Waals surface area contributed by atoms with E-state index >= 15 is 0 Å². The normalized spacial score (nSPS) is 11.0. The first-order valence-electron chi connectivity index (χ1n) is 7.98. The van der Waals surface area contributed by atoms with Gasteiger partial charge in [0.2, 0.25) is 0 Å². The smallest absolute Gasteiger partial charge is 0.119 e. The minimum absolute atomic E-state index is 0.886. The lowest BCUT2D eigenvalue weighted by Crippen LogP contribution is -1.98. The summed E-state index contributed by atoms with van der Waals surface area (Å²) < 4.78 is 5.41. The monoisotopic (exact) mass is 306 g/mol. The number of rotatable bonds is 4. The summed E-state index contributed by atoms with van der Waals surface area (Å²) >= 11 is 0. The molecule has 0 spiro atoms. The maximum absolute atomic E-state index is 5.41. The van der Waals surface area contributed by atoms with Gasteiger partial charge in [0.05, 0.1) is 7.11 Å². The van der Waals surface area contributed by atoms with Crippen molar-refractivity contribution in [3.63, 3.8) is 0 Å². The molecule has 0 aliphatic carbocycles. The number of hydrogen-bond donors (Lipinski definition) is 0. The highest BCUT2D eigenvalue weighted by atomic mass is 16.5. The molecule has 2 aromatic carbocycles. The van der Waals surface area contributed by atoms with Crippen molar-refractivity contribution < 1.29 is 4.74 Å². The van der Waals surface area contributed by atoms with Crippen LogP contribution in [0.15, 0.2) is 36.9 Å². The second-order valence-electron chi connectivity index (χ2n) is 6.10. The zero-order valence-corrected chi connectivity index (χ0v) is 15.1. The largest absolute Gasteiger partial charge is 0.497 e. The van der Waals surface area contributed by atoms with E-state index in [9.17, 15) is 0 Å². The number of hydrogen-bond acceptors (Lipinski definition) is 1. The lowest BCUT2D eigenvalue weighted by Gasteiger charge is -2.19. The van der Waals surface area contributed by atoms with Gasteiger partial charge in [-0.3, -0.25) is 0 Å². The maximum Gasteiger partial charge on any atom is 0.119 e. The molecule has 0 aliphatic heterocycles. The van der Waals surface area contributed by atoms with Crippen LogP contribution in [0, 0.1) is 20.8 Å². The number of aryl methyl sites for hydroxylation is 1. The Balaban J connectivity index is 2.81. The standard InChI is InChI=1S/C22H26O/c1-8-9-19-16(5)17(6)22(13-20(19)14(2)3)21-12-18(23-7)11-10-15(21)4/h8-13H,2H2,1,3-7H3/b9-8-. The van der Waals surface area contributed by atoms with Gasteiger partial charge in [0, 0.05) is 0 Å². The van der Waals surface area contributed by atoms with E-state index in [4.69, 9.17) is 4.74 Å². The van der Waals surface area contributed by atoms with Crippen molar-refractivity contribution in [1.82, 2.24) is 0 Å². The summed E-state index contributed by atoms with van der Waals surface area (Å²) in [6, 6.07) is 8.51. The lowest BCUT2D eigenvalue weighted by atomic mass is 9.86. The quantitative estimate of drug-likeness (QED) is 0.639. The number of allylic oxidation sites excluding steroid dienone is 2. The van der Waals surface area contributed by atoms with Crippen LogP contribution in [0.4, 0.5) is 0 Å². The van der Waals surface area contributed by atoms with Gasteiger partial charge in [-0.25, -0.2) is 0 Å². The Kier molecular flexibility index (Phi) is 5.10. The van der Waals surface area contributed by atoms with Crippen LogP contribution in [0.3, 0.4) is 0 Å². The first-order chi connectivity index (χ1) is 10.9. The van der Waals surface area contributed by atoms with E-state index in [1.165, 1.54) is 38.9 Å². The average Bonchev–Trinajstić information content (AvgIpc) is 2.53. The molecule has 0 bridgehead atoms. The molecular formula is C22H26O. The van der Waals surface area contributed by atoms with E-state index in [2.05, 4.69) is 71.5 Å². The minimum Gasteiger partial charge on any atom is -0.497 e. The van der Waals surface area contributed by atoms with Gasteiger partial charge in [-0.1, -0.05) is 30.4 Å². The lowest BCUT2D eigenvalue weighted by molar-refractivity contribution is 0.415. The molecule has 1 heteroatoms. The fraction of sp³-hybridized carbons (Fsp3) is 0.273. The fourth-order valence-electron chi connectivity index (χ4n) is 2.97. The highest BCUT2D eigenvalue weighted by Gasteiger charge is 2.14. The van der Waals surface area contributed by atoms with Gasteiger partial charge >= 0.3 is 0 Å². The topological polar surface area (TPSA) is 9.23 Å². The van der Waals surface area contributed by atoms with Crippen LogP contribution < -0.4 is 4.74 Å². The molecule has 0 aromatic heterocycles.